The summed E-state index contributed by atoms with van der Waals surface area (Å²) in [5.41, 5.74) is 1.64. The lowest BCUT2D eigenvalue weighted by atomic mass is 10.2. The second kappa shape index (κ2) is 11.7. The van der Waals surface area contributed by atoms with Crippen LogP contribution in [0.25, 0.3) is 0 Å². The Morgan fingerprint density at radius 2 is 2.03 bits per heavy atom. The number of likely N-dealkylation sites (tertiary alicyclic amines) is 1. The molecule has 0 spiro atoms. The molecule has 1 aromatic heterocycles. The van der Waals surface area contributed by atoms with E-state index in [-0.39, 0.29) is 12.6 Å². The van der Waals surface area contributed by atoms with Crippen LogP contribution in [-0.2, 0) is 0 Å². The maximum Gasteiger partial charge on any atom is 0.229 e. The highest BCUT2D eigenvalue weighted by atomic mass is 16.5. The molecular formula is C22H34N6O3. The topological polar surface area (TPSA) is 104 Å². The van der Waals surface area contributed by atoms with Gasteiger partial charge in [0.1, 0.15) is 12.4 Å². The number of hydrogen-bond acceptors (Lipinski definition) is 9. The molecule has 2 aromatic rings. The lowest BCUT2D eigenvalue weighted by Gasteiger charge is -2.30. The van der Waals surface area contributed by atoms with Crippen molar-refractivity contribution in [2.45, 2.75) is 25.8 Å². The molecule has 3 rings (SSSR count). The van der Waals surface area contributed by atoms with Crippen LogP contribution >= 0.6 is 0 Å². The SMILES string of the molecule is CNc1cc(C)nc(Nc2ccc(OC)c(OCC(CO)NCCCN3CCC3)c2)n1. The minimum absolute atomic E-state index is 0.00783. The number of aliphatic hydroxyl groups excluding tert-OH is 1. The van der Waals surface area contributed by atoms with E-state index in [4.69, 9.17) is 9.47 Å². The second-order valence-electron chi connectivity index (χ2n) is 7.65. The molecule has 0 saturated carbocycles. The highest BCUT2D eigenvalue weighted by Crippen LogP contribution is 2.31. The van der Waals surface area contributed by atoms with Crippen molar-refractivity contribution >= 4 is 17.5 Å². The van der Waals surface area contributed by atoms with Gasteiger partial charge in [-0.2, -0.15) is 4.98 Å². The maximum absolute atomic E-state index is 9.70. The molecular weight excluding hydrogens is 396 g/mol. The van der Waals surface area contributed by atoms with Gasteiger partial charge in [-0.25, -0.2) is 4.98 Å². The number of anilines is 3. The zero-order valence-corrected chi connectivity index (χ0v) is 18.6. The number of nitrogens with one attached hydrogen (secondary N) is 3. The van der Waals surface area contributed by atoms with Gasteiger partial charge in [0.15, 0.2) is 11.5 Å². The third-order valence-electron chi connectivity index (χ3n) is 5.22. The van der Waals surface area contributed by atoms with Crippen LogP contribution in [0.5, 0.6) is 11.5 Å². The molecule has 9 heteroatoms. The van der Waals surface area contributed by atoms with Gasteiger partial charge in [-0.05, 0) is 58.1 Å². The molecule has 31 heavy (non-hydrogen) atoms. The molecule has 1 atom stereocenters. The summed E-state index contributed by atoms with van der Waals surface area (Å²) in [6.07, 6.45) is 2.37. The highest BCUT2D eigenvalue weighted by molar-refractivity contribution is 5.60. The molecule has 2 heterocycles. The van der Waals surface area contributed by atoms with Crippen LogP contribution < -0.4 is 25.4 Å². The van der Waals surface area contributed by atoms with Crippen LogP contribution in [0.15, 0.2) is 24.3 Å². The van der Waals surface area contributed by atoms with E-state index in [2.05, 4.69) is 30.8 Å². The van der Waals surface area contributed by atoms with Gasteiger partial charge in [0.05, 0.1) is 19.8 Å². The third-order valence-corrected chi connectivity index (χ3v) is 5.22. The number of hydrogen-bond donors (Lipinski definition) is 4. The molecule has 0 amide bonds. The Labute approximate surface area is 184 Å². The first-order valence-corrected chi connectivity index (χ1v) is 10.8. The highest BCUT2D eigenvalue weighted by Gasteiger charge is 2.14. The van der Waals surface area contributed by atoms with Gasteiger partial charge < -0.3 is 35.4 Å². The summed E-state index contributed by atoms with van der Waals surface area (Å²) < 4.78 is 11.4. The van der Waals surface area contributed by atoms with E-state index in [0.29, 0.717) is 24.1 Å². The first-order chi connectivity index (χ1) is 15.1. The van der Waals surface area contributed by atoms with Gasteiger partial charge in [-0.3, -0.25) is 0 Å². The zero-order valence-electron chi connectivity index (χ0n) is 18.6. The molecule has 1 aromatic carbocycles. The van der Waals surface area contributed by atoms with Crippen LogP contribution in [0.2, 0.25) is 0 Å². The minimum atomic E-state index is -0.143. The fourth-order valence-corrected chi connectivity index (χ4v) is 3.33. The number of aliphatic hydroxyl groups is 1. The smallest absolute Gasteiger partial charge is 0.229 e. The Balaban J connectivity index is 1.57. The van der Waals surface area contributed by atoms with E-state index in [0.717, 1.165) is 36.7 Å². The van der Waals surface area contributed by atoms with Crippen LogP contribution in [0, 0.1) is 6.92 Å². The zero-order chi connectivity index (χ0) is 22.1. The van der Waals surface area contributed by atoms with E-state index in [1.54, 1.807) is 7.11 Å². The Hall–Kier alpha value is -2.62. The minimum Gasteiger partial charge on any atom is -0.493 e. The quantitative estimate of drug-likeness (QED) is 0.355. The maximum atomic E-state index is 9.70. The number of aryl methyl sites for hydroxylation is 1. The molecule has 1 unspecified atom stereocenters. The summed E-state index contributed by atoms with van der Waals surface area (Å²) in [5.74, 6) is 2.46. The molecule has 1 saturated heterocycles. The number of ether oxygens (including phenoxy) is 2. The van der Waals surface area contributed by atoms with E-state index >= 15 is 0 Å². The molecule has 0 bridgehead atoms. The van der Waals surface area contributed by atoms with Crippen molar-refractivity contribution in [3.8, 4) is 11.5 Å². The van der Waals surface area contributed by atoms with Gasteiger partial charge in [-0.1, -0.05) is 0 Å². The second-order valence-corrected chi connectivity index (χ2v) is 7.65. The summed E-state index contributed by atoms with van der Waals surface area (Å²) >= 11 is 0. The number of aromatic nitrogens is 2. The predicted octanol–water partition coefficient (Wildman–Crippen LogP) is 2.00. The van der Waals surface area contributed by atoms with Gasteiger partial charge >= 0.3 is 0 Å². The molecule has 1 aliphatic heterocycles. The van der Waals surface area contributed by atoms with Crippen molar-refractivity contribution in [1.82, 2.24) is 20.2 Å². The van der Waals surface area contributed by atoms with Crippen molar-refractivity contribution in [3.63, 3.8) is 0 Å². The molecule has 1 aliphatic rings. The van der Waals surface area contributed by atoms with Crippen molar-refractivity contribution in [1.29, 1.82) is 0 Å². The van der Waals surface area contributed by atoms with Gasteiger partial charge in [0.2, 0.25) is 5.95 Å². The van der Waals surface area contributed by atoms with E-state index in [1.807, 2.05) is 38.2 Å². The summed E-state index contributed by atoms with van der Waals surface area (Å²) in [6, 6.07) is 7.30. The van der Waals surface area contributed by atoms with Crippen LogP contribution in [-0.4, -0.2) is 79.6 Å². The number of rotatable bonds is 13. The van der Waals surface area contributed by atoms with Crippen LogP contribution in [0.4, 0.5) is 17.5 Å². The molecule has 4 N–H and O–H groups in total. The van der Waals surface area contributed by atoms with E-state index in [1.165, 1.54) is 19.5 Å². The van der Waals surface area contributed by atoms with Gasteiger partial charge in [-0.15, -0.1) is 0 Å². The first-order valence-electron chi connectivity index (χ1n) is 10.8. The molecule has 0 radical (unpaired) electrons. The average Bonchev–Trinajstić information content (AvgIpc) is 2.74. The summed E-state index contributed by atoms with van der Waals surface area (Å²) in [7, 11) is 3.43. The lowest BCUT2D eigenvalue weighted by Crippen LogP contribution is -2.41. The number of nitrogens with zero attached hydrogens (tertiary/aromatic N) is 3. The largest absolute Gasteiger partial charge is 0.493 e. The summed E-state index contributed by atoms with van der Waals surface area (Å²) in [5, 5.41) is 19.3. The molecule has 170 valence electrons. The number of methoxy groups -OCH3 is 1. The summed E-state index contributed by atoms with van der Waals surface area (Å²) in [4.78, 5) is 11.3. The van der Waals surface area contributed by atoms with E-state index < -0.39 is 0 Å². The molecule has 9 nitrogen and oxygen atoms in total. The third kappa shape index (κ3) is 6.95. The average molecular weight is 431 g/mol. The van der Waals surface area contributed by atoms with Crippen molar-refractivity contribution in [2.75, 3.05) is 64.2 Å². The Bertz CT molecular complexity index is 831. The van der Waals surface area contributed by atoms with E-state index in [9.17, 15) is 5.11 Å². The standard InChI is InChI=1S/C22H34N6O3/c1-16-12-21(23-2)27-22(25-16)26-17-6-7-19(30-3)20(13-17)31-15-18(14-29)24-8-4-9-28-10-5-11-28/h6-7,12-13,18,24,29H,4-5,8-11,14-15H2,1-3H3,(H2,23,25,26,27). The fourth-order valence-electron chi connectivity index (χ4n) is 3.33. The fraction of sp³-hybridized carbons (Fsp3) is 0.545. The monoisotopic (exact) mass is 430 g/mol. The van der Waals surface area contributed by atoms with Crippen LogP contribution in [0.3, 0.4) is 0 Å². The van der Waals surface area contributed by atoms with Crippen molar-refractivity contribution < 1.29 is 14.6 Å². The number of benzene rings is 1. The Morgan fingerprint density at radius 3 is 2.71 bits per heavy atom. The Morgan fingerprint density at radius 1 is 1.19 bits per heavy atom. The van der Waals surface area contributed by atoms with Gasteiger partial charge in [0.25, 0.3) is 0 Å². The normalized spacial score (nSPS) is 14.6. The van der Waals surface area contributed by atoms with Gasteiger partial charge in [0, 0.05) is 30.6 Å². The van der Waals surface area contributed by atoms with Crippen molar-refractivity contribution in [2.24, 2.45) is 0 Å². The van der Waals surface area contributed by atoms with Crippen molar-refractivity contribution in [3.05, 3.63) is 30.0 Å². The van der Waals surface area contributed by atoms with Crippen LogP contribution in [0.1, 0.15) is 18.5 Å². The molecule has 0 aliphatic carbocycles. The molecule has 1 fully saturated rings. The first kappa shape index (κ1) is 23.1. The summed E-state index contributed by atoms with van der Waals surface area (Å²) in [6.45, 7) is 6.63. The Kier molecular flexibility index (Phi) is 8.69. The lowest BCUT2D eigenvalue weighted by molar-refractivity contribution is 0.165. The predicted molar refractivity (Wildman–Crippen MR) is 123 cm³/mol.